The van der Waals surface area contributed by atoms with Gasteiger partial charge in [0.05, 0.1) is 0 Å². The van der Waals surface area contributed by atoms with E-state index in [4.69, 9.17) is 0 Å². The number of halogens is 2. The predicted octanol–water partition coefficient (Wildman–Crippen LogP) is 2.96. The van der Waals surface area contributed by atoms with E-state index in [0.29, 0.717) is 11.8 Å². The first kappa shape index (κ1) is 12.5. The van der Waals surface area contributed by atoms with Crippen LogP contribution in [0.1, 0.15) is 24.8 Å². The molecule has 0 amide bonds. The van der Waals surface area contributed by atoms with Crippen molar-refractivity contribution in [2.24, 2.45) is 5.92 Å². The van der Waals surface area contributed by atoms with Gasteiger partial charge in [0, 0.05) is 0 Å². The Labute approximate surface area is 96.5 Å². The van der Waals surface area contributed by atoms with Crippen LogP contribution in [-0.2, 0) is 0 Å². The van der Waals surface area contributed by atoms with E-state index in [2.05, 4.69) is 12.2 Å². The van der Waals surface area contributed by atoms with Gasteiger partial charge in [0.2, 0.25) is 0 Å². The van der Waals surface area contributed by atoms with E-state index in [-0.39, 0.29) is 18.2 Å². The molecular weight excluding hydrogens is 213 g/mol. The lowest BCUT2D eigenvalue weighted by molar-refractivity contribution is 0.341. The van der Waals surface area contributed by atoms with Crippen LogP contribution in [0.5, 0.6) is 0 Å². The number of rotatable bonds is 1. The highest BCUT2D eigenvalue weighted by Gasteiger charge is 2.24. The third-order valence-corrected chi connectivity index (χ3v) is 3.09. The number of benzene rings is 1. The summed E-state index contributed by atoms with van der Waals surface area (Å²) >= 11 is 0. The van der Waals surface area contributed by atoms with Crippen LogP contribution in [-0.4, -0.2) is 13.1 Å². The molecule has 1 N–H and O–H groups in total. The molecule has 0 aromatic heterocycles. The molecule has 1 saturated heterocycles. The maximum absolute atomic E-state index is 13.5. The molecule has 1 heterocycles. The summed E-state index contributed by atoms with van der Waals surface area (Å²) < 4.78 is 13.5. The third-order valence-electron chi connectivity index (χ3n) is 3.09. The standard InChI is InChI=1S/C12H16FN.ClH/c1-9-8-14-7-6-10(9)11-4-2-3-5-12(11)13;/h2-5,9-10,14H,6-8H2,1H3;1H/t9-,10+;/m0./s1. The topological polar surface area (TPSA) is 12.0 Å². The summed E-state index contributed by atoms with van der Waals surface area (Å²) in [4.78, 5) is 0. The van der Waals surface area contributed by atoms with Gasteiger partial charge >= 0.3 is 0 Å². The molecule has 0 radical (unpaired) electrons. The SMILES string of the molecule is C[C@H]1CNCC[C@H]1c1ccccc1F.Cl. The molecule has 3 heteroatoms. The van der Waals surface area contributed by atoms with E-state index in [1.165, 1.54) is 0 Å². The van der Waals surface area contributed by atoms with Crippen molar-refractivity contribution < 1.29 is 4.39 Å². The first-order valence-corrected chi connectivity index (χ1v) is 5.24. The highest BCUT2D eigenvalue weighted by molar-refractivity contribution is 5.85. The van der Waals surface area contributed by atoms with Gasteiger partial charge in [-0.15, -0.1) is 12.4 Å². The average molecular weight is 230 g/mol. The highest BCUT2D eigenvalue weighted by atomic mass is 35.5. The zero-order valence-corrected chi connectivity index (χ0v) is 9.69. The molecule has 2 rings (SSSR count). The zero-order valence-electron chi connectivity index (χ0n) is 8.87. The normalized spacial score (nSPS) is 25.7. The summed E-state index contributed by atoms with van der Waals surface area (Å²) in [7, 11) is 0. The lowest BCUT2D eigenvalue weighted by Crippen LogP contribution is -2.34. The molecule has 0 bridgehead atoms. The molecule has 1 aromatic carbocycles. The van der Waals surface area contributed by atoms with Crippen molar-refractivity contribution in [2.75, 3.05) is 13.1 Å². The fourth-order valence-corrected chi connectivity index (χ4v) is 2.25. The van der Waals surface area contributed by atoms with E-state index >= 15 is 0 Å². The molecular formula is C12H17ClFN. The monoisotopic (exact) mass is 229 g/mol. The van der Waals surface area contributed by atoms with Gasteiger partial charge in [-0.1, -0.05) is 25.1 Å². The number of nitrogens with one attached hydrogen (secondary N) is 1. The summed E-state index contributed by atoms with van der Waals surface area (Å²) in [5.74, 6) is 0.865. The summed E-state index contributed by atoms with van der Waals surface area (Å²) in [5.41, 5.74) is 0.890. The molecule has 0 unspecified atom stereocenters. The van der Waals surface area contributed by atoms with Crippen LogP contribution in [0.15, 0.2) is 24.3 Å². The van der Waals surface area contributed by atoms with Gasteiger partial charge in [0.25, 0.3) is 0 Å². The fraction of sp³-hybridized carbons (Fsp3) is 0.500. The second kappa shape index (κ2) is 5.47. The lowest BCUT2D eigenvalue weighted by atomic mass is 9.82. The maximum atomic E-state index is 13.5. The quantitative estimate of drug-likeness (QED) is 0.781. The van der Waals surface area contributed by atoms with Crippen LogP contribution in [0.2, 0.25) is 0 Å². The molecule has 1 nitrogen and oxygen atoms in total. The first-order chi connectivity index (χ1) is 6.79. The molecule has 1 aliphatic rings. The molecule has 84 valence electrons. The van der Waals surface area contributed by atoms with Gasteiger partial charge in [0.1, 0.15) is 5.82 Å². The van der Waals surface area contributed by atoms with Gasteiger partial charge < -0.3 is 5.32 Å². The molecule has 0 spiro atoms. The molecule has 1 fully saturated rings. The Morgan fingerprint density at radius 2 is 2.07 bits per heavy atom. The maximum Gasteiger partial charge on any atom is 0.126 e. The number of piperidine rings is 1. The summed E-state index contributed by atoms with van der Waals surface area (Å²) in [6.45, 7) is 4.19. The Morgan fingerprint density at radius 3 is 2.73 bits per heavy atom. The van der Waals surface area contributed by atoms with E-state index in [9.17, 15) is 4.39 Å². The van der Waals surface area contributed by atoms with Crippen molar-refractivity contribution in [3.63, 3.8) is 0 Å². The van der Waals surface area contributed by atoms with E-state index in [0.717, 1.165) is 25.1 Å². The summed E-state index contributed by atoms with van der Waals surface area (Å²) in [6, 6.07) is 7.16. The third kappa shape index (κ3) is 2.70. The molecule has 0 aliphatic carbocycles. The number of hydrogen-bond acceptors (Lipinski definition) is 1. The van der Waals surface area contributed by atoms with Crippen molar-refractivity contribution in [3.8, 4) is 0 Å². The largest absolute Gasteiger partial charge is 0.316 e. The molecule has 2 atom stereocenters. The van der Waals surface area contributed by atoms with Gasteiger partial charge in [-0.2, -0.15) is 0 Å². The van der Waals surface area contributed by atoms with Crippen LogP contribution < -0.4 is 5.32 Å². The Kier molecular flexibility index (Phi) is 4.55. The number of hydrogen-bond donors (Lipinski definition) is 1. The minimum Gasteiger partial charge on any atom is -0.316 e. The Morgan fingerprint density at radius 1 is 1.33 bits per heavy atom. The Hall–Kier alpha value is -0.600. The second-order valence-electron chi connectivity index (χ2n) is 4.10. The van der Waals surface area contributed by atoms with Gasteiger partial charge in [-0.25, -0.2) is 4.39 Å². The van der Waals surface area contributed by atoms with Crippen LogP contribution in [0, 0.1) is 11.7 Å². The Bertz CT molecular complexity index is 316. The fourth-order valence-electron chi connectivity index (χ4n) is 2.25. The van der Waals surface area contributed by atoms with E-state index in [1.54, 1.807) is 12.1 Å². The average Bonchev–Trinajstić information content (AvgIpc) is 2.20. The molecule has 15 heavy (non-hydrogen) atoms. The van der Waals surface area contributed by atoms with Crippen LogP contribution in [0.25, 0.3) is 0 Å². The van der Waals surface area contributed by atoms with Gasteiger partial charge in [-0.05, 0) is 43.0 Å². The minimum atomic E-state index is -0.0498. The van der Waals surface area contributed by atoms with Crippen molar-refractivity contribution in [3.05, 3.63) is 35.6 Å². The minimum absolute atomic E-state index is 0. The zero-order chi connectivity index (χ0) is 9.97. The Balaban J connectivity index is 0.00000112. The lowest BCUT2D eigenvalue weighted by Gasteiger charge is -2.30. The molecule has 1 aliphatic heterocycles. The van der Waals surface area contributed by atoms with Crippen molar-refractivity contribution in [1.29, 1.82) is 0 Å². The van der Waals surface area contributed by atoms with Crippen LogP contribution >= 0.6 is 12.4 Å². The van der Waals surface area contributed by atoms with Crippen molar-refractivity contribution >= 4 is 12.4 Å². The highest BCUT2D eigenvalue weighted by Crippen LogP contribution is 2.31. The smallest absolute Gasteiger partial charge is 0.126 e. The second-order valence-corrected chi connectivity index (χ2v) is 4.10. The van der Waals surface area contributed by atoms with Gasteiger partial charge in [-0.3, -0.25) is 0 Å². The van der Waals surface area contributed by atoms with Crippen molar-refractivity contribution in [2.45, 2.75) is 19.3 Å². The van der Waals surface area contributed by atoms with E-state index in [1.807, 2.05) is 12.1 Å². The molecule has 1 aromatic rings. The summed E-state index contributed by atoms with van der Waals surface area (Å²) in [5, 5.41) is 3.33. The molecule has 0 saturated carbocycles. The van der Waals surface area contributed by atoms with Crippen LogP contribution in [0.4, 0.5) is 4.39 Å². The van der Waals surface area contributed by atoms with E-state index < -0.39 is 0 Å². The van der Waals surface area contributed by atoms with Crippen LogP contribution in [0.3, 0.4) is 0 Å². The van der Waals surface area contributed by atoms with Gasteiger partial charge in [0.15, 0.2) is 0 Å². The summed E-state index contributed by atoms with van der Waals surface area (Å²) in [6.07, 6.45) is 1.04. The predicted molar refractivity (Wildman–Crippen MR) is 63.0 cm³/mol. The first-order valence-electron chi connectivity index (χ1n) is 5.24. The van der Waals surface area contributed by atoms with Crippen molar-refractivity contribution in [1.82, 2.24) is 5.32 Å².